The zero-order valence-electron chi connectivity index (χ0n) is 13.8. The highest BCUT2D eigenvalue weighted by Gasteiger charge is 2.13. The van der Waals surface area contributed by atoms with Gasteiger partial charge >= 0.3 is 0 Å². The van der Waals surface area contributed by atoms with Crippen molar-refractivity contribution in [2.24, 2.45) is 5.10 Å². The average molecular weight is 374 g/mol. The lowest BCUT2D eigenvalue weighted by Crippen LogP contribution is -2.17. The molecule has 27 heavy (non-hydrogen) atoms. The monoisotopic (exact) mass is 374 g/mol. The fourth-order valence-corrected chi connectivity index (χ4v) is 2.38. The third-order valence-electron chi connectivity index (χ3n) is 3.64. The molecule has 3 aromatic rings. The van der Waals surface area contributed by atoms with Gasteiger partial charge in [0.25, 0.3) is 5.91 Å². The number of hydrazone groups is 1. The summed E-state index contributed by atoms with van der Waals surface area (Å²) in [5, 5.41) is 43.6. The summed E-state index contributed by atoms with van der Waals surface area (Å²) in [7, 11) is 0. The molecule has 142 valence electrons. The second kappa shape index (κ2) is 8.52. The summed E-state index contributed by atoms with van der Waals surface area (Å²) >= 11 is 0. The van der Waals surface area contributed by atoms with E-state index in [0.29, 0.717) is 5.56 Å². The highest BCUT2D eigenvalue weighted by molar-refractivity contribution is 6.03. The van der Waals surface area contributed by atoms with E-state index in [1.165, 1.54) is 12.3 Å². The van der Waals surface area contributed by atoms with Crippen LogP contribution in [-0.2, 0) is 0 Å². The summed E-state index contributed by atoms with van der Waals surface area (Å²) in [6.45, 7) is 0. The Balaban J connectivity index is 0.00000182. The van der Waals surface area contributed by atoms with E-state index in [2.05, 4.69) is 10.5 Å². The SMILES string of the molecule is O.O.O=C(N/N=C/c1c(O)ccc2ccccc12)c1cc(O)c(O)c(O)c1. The van der Waals surface area contributed by atoms with E-state index in [9.17, 15) is 25.2 Å². The fraction of sp³-hybridized carbons (Fsp3) is 0. The zero-order chi connectivity index (χ0) is 18.0. The van der Waals surface area contributed by atoms with Gasteiger partial charge in [-0.1, -0.05) is 30.3 Å². The molecule has 0 heterocycles. The molecule has 0 aromatic heterocycles. The molecule has 0 bridgehead atoms. The maximum absolute atomic E-state index is 12.0. The number of hydrogen-bond acceptors (Lipinski definition) is 6. The molecule has 0 fully saturated rings. The minimum atomic E-state index is -0.708. The molecule has 0 aliphatic rings. The normalized spacial score (nSPS) is 10.2. The minimum absolute atomic E-state index is 0. The summed E-state index contributed by atoms with van der Waals surface area (Å²) in [4.78, 5) is 12.0. The van der Waals surface area contributed by atoms with Crippen molar-refractivity contribution >= 4 is 22.9 Å². The van der Waals surface area contributed by atoms with E-state index in [0.717, 1.165) is 22.9 Å². The summed E-state index contributed by atoms with van der Waals surface area (Å²) in [5.41, 5.74) is 2.58. The van der Waals surface area contributed by atoms with Crippen LogP contribution in [0.2, 0.25) is 0 Å². The molecule has 0 radical (unpaired) electrons. The predicted molar refractivity (Wildman–Crippen MR) is 99.3 cm³/mol. The van der Waals surface area contributed by atoms with Gasteiger partial charge in [-0.15, -0.1) is 0 Å². The van der Waals surface area contributed by atoms with Crippen LogP contribution in [0.3, 0.4) is 0 Å². The van der Waals surface area contributed by atoms with Gasteiger partial charge in [-0.25, -0.2) is 5.43 Å². The second-order valence-electron chi connectivity index (χ2n) is 5.28. The number of carbonyl (C=O) groups is 1. The topological polar surface area (TPSA) is 185 Å². The number of rotatable bonds is 3. The van der Waals surface area contributed by atoms with Gasteiger partial charge in [0.1, 0.15) is 5.75 Å². The highest BCUT2D eigenvalue weighted by atomic mass is 16.3. The van der Waals surface area contributed by atoms with Crippen molar-refractivity contribution < 1.29 is 36.2 Å². The van der Waals surface area contributed by atoms with Crippen LogP contribution < -0.4 is 5.43 Å². The molecule has 0 aliphatic heterocycles. The van der Waals surface area contributed by atoms with Crippen molar-refractivity contribution in [3.05, 3.63) is 59.7 Å². The quantitative estimate of drug-likeness (QED) is 0.257. The Hall–Kier alpha value is -3.82. The Morgan fingerprint density at radius 2 is 1.52 bits per heavy atom. The molecule has 0 aliphatic carbocycles. The Bertz CT molecular complexity index is 979. The van der Waals surface area contributed by atoms with Gasteiger partial charge in [-0.3, -0.25) is 4.79 Å². The largest absolute Gasteiger partial charge is 0.507 e. The molecule has 9 heteroatoms. The molecule has 0 atom stereocenters. The van der Waals surface area contributed by atoms with Crippen LogP contribution in [0.25, 0.3) is 10.8 Å². The summed E-state index contributed by atoms with van der Waals surface area (Å²) < 4.78 is 0. The van der Waals surface area contributed by atoms with Gasteiger partial charge in [0.05, 0.1) is 6.21 Å². The molecular weight excluding hydrogens is 356 g/mol. The van der Waals surface area contributed by atoms with Crippen molar-refractivity contribution in [1.29, 1.82) is 0 Å². The van der Waals surface area contributed by atoms with Gasteiger partial charge in [-0.2, -0.15) is 5.10 Å². The van der Waals surface area contributed by atoms with Gasteiger partial charge in [0.2, 0.25) is 0 Å². The number of nitrogens with one attached hydrogen (secondary N) is 1. The van der Waals surface area contributed by atoms with Crippen LogP contribution in [0.15, 0.2) is 53.6 Å². The summed E-state index contributed by atoms with van der Waals surface area (Å²) in [6.07, 6.45) is 1.30. The molecule has 9 nitrogen and oxygen atoms in total. The number of nitrogens with zero attached hydrogens (tertiary/aromatic N) is 1. The first-order valence-electron chi connectivity index (χ1n) is 7.26. The molecule has 9 N–H and O–H groups in total. The van der Waals surface area contributed by atoms with Crippen molar-refractivity contribution in [3.8, 4) is 23.0 Å². The van der Waals surface area contributed by atoms with E-state index in [1.807, 2.05) is 24.3 Å². The zero-order valence-corrected chi connectivity index (χ0v) is 13.8. The van der Waals surface area contributed by atoms with E-state index < -0.39 is 23.2 Å². The van der Waals surface area contributed by atoms with Gasteiger partial charge in [0.15, 0.2) is 17.2 Å². The Labute approximate surface area is 153 Å². The fourth-order valence-electron chi connectivity index (χ4n) is 2.38. The van der Waals surface area contributed by atoms with Crippen molar-refractivity contribution in [1.82, 2.24) is 5.43 Å². The second-order valence-corrected chi connectivity index (χ2v) is 5.28. The number of phenolic OH excluding ortho intramolecular Hbond substituents is 4. The first-order valence-corrected chi connectivity index (χ1v) is 7.26. The lowest BCUT2D eigenvalue weighted by Gasteiger charge is -2.06. The van der Waals surface area contributed by atoms with Crippen LogP contribution in [0.5, 0.6) is 23.0 Å². The van der Waals surface area contributed by atoms with E-state index in [1.54, 1.807) is 6.07 Å². The molecule has 0 saturated carbocycles. The maximum Gasteiger partial charge on any atom is 0.271 e. The van der Waals surface area contributed by atoms with E-state index >= 15 is 0 Å². The highest BCUT2D eigenvalue weighted by Crippen LogP contribution is 2.35. The lowest BCUT2D eigenvalue weighted by molar-refractivity contribution is 0.0954. The smallest absolute Gasteiger partial charge is 0.271 e. The van der Waals surface area contributed by atoms with Crippen molar-refractivity contribution in [2.75, 3.05) is 0 Å². The van der Waals surface area contributed by atoms with E-state index in [4.69, 9.17) is 0 Å². The molecular formula is C18H18N2O7. The van der Waals surface area contributed by atoms with Crippen LogP contribution in [0.4, 0.5) is 0 Å². The van der Waals surface area contributed by atoms with Crippen LogP contribution >= 0.6 is 0 Å². The molecule has 3 aromatic carbocycles. The maximum atomic E-state index is 12.0. The average Bonchev–Trinajstić information content (AvgIpc) is 2.61. The number of carbonyl (C=O) groups excluding carboxylic acids is 1. The Kier molecular flexibility index (Phi) is 6.69. The van der Waals surface area contributed by atoms with Crippen molar-refractivity contribution in [2.45, 2.75) is 0 Å². The van der Waals surface area contributed by atoms with Gasteiger partial charge < -0.3 is 31.4 Å². The van der Waals surface area contributed by atoms with Gasteiger partial charge in [-0.05, 0) is 29.0 Å². The molecule has 1 amide bonds. The number of hydrogen-bond donors (Lipinski definition) is 5. The Morgan fingerprint density at radius 3 is 2.19 bits per heavy atom. The summed E-state index contributed by atoms with van der Waals surface area (Å²) in [6, 6.07) is 12.7. The molecule has 0 unspecified atom stereocenters. The standard InChI is InChI=1S/C18H14N2O5.2H2O/c21-14-6-5-10-3-1-2-4-12(10)13(14)9-19-20-18(25)11-7-15(22)17(24)16(23)8-11;;/h1-9,21-24H,(H,20,25);2*1H2/b19-9+;;. The van der Waals surface area contributed by atoms with Crippen LogP contribution in [0.1, 0.15) is 15.9 Å². The van der Waals surface area contributed by atoms with Crippen LogP contribution in [0, 0.1) is 0 Å². The minimum Gasteiger partial charge on any atom is -0.507 e. The number of phenols is 4. The third kappa shape index (κ3) is 4.24. The molecule has 3 rings (SSSR count). The van der Waals surface area contributed by atoms with Gasteiger partial charge in [0, 0.05) is 11.1 Å². The lowest BCUT2D eigenvalue weighted by atomic mass is 10.0. The number of amides is 1. The van der Waals surface area contributed by atoms with E-state index in [-0.39, 0.29) is 22.3 Å². The molecule has 0 spiro atoms. The first kappa shape index (κ1) is 21.2. The number of benzene rings is 3. The summed E-state index contributed by atoms with van der Waals surface area (Å²) in [5.74, 6) is -2.65. The first-order chi connectivity index (χ1) is 12.0. The number of aromatic hydroxyl groups is 4. The predicted octanol–water partition coefficient (Wildman–Crippen LogP) is 0.777. The third-order valence-corrected chi connectivity index (χ3v) is 3.64. The van der Waals surface area contributed by atoms with Crippen molar-refractivity contribution in [3.63, 3.8) is 0 Å². The number of fused-ring (bicyclic) bond motifs is 1. The molecule has 0 saturated heterocycles. The van der Waals surface area contributed by atoms with Crippen LogP contribution in [-0.4, -0.2) is 43.5 Å². The Morgan fingerprint density at radius 1 is 0.889 bits per heavy atom.